The fourth-order valence-corrected chi connectivity index (χ4v) is 2.92. The molecule has 0 N–H and O–H groups in total. The zero-order chi connectivity index (χ0) is 20.1. The van der Waals surface area contributed by atoms with Gasteiger partial charge in [0.1, 0.15) is 17.3 Å². The van der Waals surface area contributed by atoms with Crippen LogP contribution in [0.2, 0.25) is 0 Å². The molecule has 0 saturated heterocycles. The number of nitrogens with zero attached hydrogens (tertiary/aromatic N) is 4. The van der Waals surface area contributed by atoms with Gasteiger partial charge in [0.2, 0.25) is 0 Å². The largest absolute Gasteiger partial charge is 0.433 e. The van der Waals surface area contributed by atoms with Gasteiger partial charge in [-0.2, -0.15) is 18.3 Å². The molecule has 4 nitrogen and oxygen atoms in total. The van der Waals surface area contributed by atoms with E-state index in [1.807, 2.05) is 0 Å². The highest BCUT2D eigenvalue weighted by molar-refractivity contribution is 5.81. The van der Waals surface area contributed by atoms with Gasteiger partial charge in [-0.3, -0.25) is 4.98 Å². The van der Waals surface area contributed by atoms with Crippen LogP contribution in [0.3, 0.4) is 0 Å². The second-order valence-corrected chi connectivity index (χ2v) is 6.10. The Balaban J connectivity index is 1.85. The maximum absolute atomic E-state index is 14.3. The maximum Gasteiger partial charge on any atom is 0.433 e. The summed E-state index contributed by atoms with van der Waals surface area (Å²) >= 11 is 0. The van der Waals surface area contributed by atoms with Crippen LogP contribution in [0.25, 0.3) is 28.0 Å². The van der Waals surface area contributed by atoms with E-state index in [2.05, 4.69) is 15.1 Å². The van der Waals surface area contributed by atoms with Gasteiger partial charge in [0.05, 0.1) is 17.0 Å². The molecule has 0 radical (unpaired) electrons. The van der Waals surface area contributed by atoms with Crippen LogP contribution in [-0.2, 0) is 6.18 Å². The molecule has 28 heavy (non-hydrogen) atoms. The van der Waals surface area contributed by atoms with Crippen LogP contribution in [0.4, 0.5) is 22.0 Å². The van der Waals surface area contributed by atoms with E-state index in [1.54, 1.807) is 19.2 Å². The third-order valence-corrected chi connectivity index (χ3v) is 4.21. The Morgan fingerprint density at radius 2 is 1.79 bits per heavy atom. The monoisotopic (exact) mass is 390 g/mol. The predicted molar refractivity (Wildman–Crippen MR) is 91.3 cm³/mol. The van der Waals surface area contributed by atoms with Crippen molar-refractivity contribution in [2.75, 3.05) is 0 Å². The van der Waals surface area contributed by atoms with Gasteiger partial charge in [-0.15, -0.1) is 0 Å². The summed E-state index contributed by atoms with van der Waals surface area (Å²) in [6, 6.07) is 6.88. The summed E-state index contributed by atoms with van der Waals surface area (Å²) in [5.41, 5.74) is 0.966. The summed E-state index contributed by atoms with van der Waals surface area (Å²) in [6.07, 6.45) is -1.90. The SMILES string of the molecule is Cc1nn2ccc(-c3ccc(C(F)(F)F)nc3)nc2c1-c1ccc(F)cc1F. The lowest BCUT2D eigenvalue weighted by Crippen LogP contribution is -2.07. The van der Waals surface area contributed by atoms with Crippen LogP contribution in [-0.4, -0.2) is 19.6 Å². The molecular formula is C19H11F5N4. The first-order chi connectivity index (χ1) is 13.2. The Labute approximate surface area is 155 Å². The Hall–Kier alpha value is -3.36. The Bertz CT molecular complexity index is 1180. The minimum absolute atomic E-state index is 0.129. The molecule has 0 fully saturated rings. The van der Waals surface area contributed by atoms with Crippen LogP contribution < -0.4 is 0 Å². The van der Waals surface area contributed by atoms with E-state index in [9.17, 15) is 22.0 Å². The summed E-state index contributed by atoms with van der Waals surface area (Å²) in [7, 11) is 0. The average molecular weight is 390 g/mol. The van der Waals surface area contributed by atoms with Gasteiger partial charge in [0.25, 0.3) is 0 Å². The molecule has 0 atom stereocenters. The van der Waals surface area contributed by atoms with Crippen LogP contribution in [0, 0.1) is 18.6 Å². The van der Waals surface area contributed by atoms with Gasteiger partial charge in [-0.05, 0) is 37.3 Å². The Morgan fingerprint density at radius 1 is 1.00 bits per heavy atom. The molecule has 9 heteroatoms. The number of halogens is 5. The van der Waals surface area contributed by atoms with E-state index in [0.717, 1.165) is 24.4 Å². The smallest absolute Gasteiger partial charge is 0.251 e. The topological polar surface area (TPSA) is 43.1 Å². The van der Waals surface area contributed by atoms with Crippen LogP contribution in [0.1, 0.15) is 11.4 Å². The summed E-state index contributed by atoms with van der Waals surface area (Å²) in [5, 5.41) is 4.26. The number of benzene rings is 1. The summed E-state index contributed by atoms with van der Waals surface area (Å²) in [6.45, 7) is 1.66. The van der Waals surface area contributed by atoms with E-state index in [4.69, 9.17) is 0 Å². The van der Waals surface area contributed by atoms with E-state index >= 15 is 0 Å². The molecule has 1 aromatic carbocycles. The minimum Gasteiger partial charge on any atom is -0.251 e. The van der Waals surface area contributed by atoms with Crippen molar-refractivity contribution < 1.29 is 22.0 Å². The number of pyridine rings is 1. The van der Waals surface area contributed by atoms with Crippen molar-refractivity contribution >= 4 is 5.65 Å². The van der Waals surface area contributed by atoms with Crippen molar-refractivity contribution in [2.45, 2.75) is 13.1 Å². The predicted octanol–water partition coefficient (Wildman–Crippen LogP) is 5.06. The van der Waals surface area contributed by atoms with Gasteiger partial charge >= 0.3 is 6.18 Å². The zero-order valence-electron chi connectivity index (χ0n) is 14.3. The minimum atomic E-state index is -4.54. The summed E-state index contributed by atoms with van der Waals surface area (Å²) in [5.74, 6) is -1.47. The van der Waals surface area contributed by atoms with E-state index in [0.29, 0.717) is 28.2 Å². The number of rotatable bonds is 2. The molecule has 142 valence electrons. The molecular weight excluding hydrogens is 379 g/mol. The number of aryl methyl sites for hydroxylation is 1. The highest BCUT2D eigenvalue weighted by atomic mass is 19.4. The molecule has 3 aromatic heterocycles. The first-order valence-electron chi connectivity index (χ1n) is 8.09. The van der Waals surface area contributed by atoms with E-state index in [-0.39, 0.29) is 5.56 Å². The molecule has 0 spiro atoms. The van der Waals surface area contributed by atoms with Gasteiger partial charge in [0.15, 0.2) is 5.65 Å². The van der Waals surface area contributed by atoms with E-state index in [1.165, 1.54) is 16.6 Å². The quantitative estimate of drug-likeness (QED) is 0.449. The second kappa shape index (κ2) is 6.36. The molecule has 0 unspecified atom stereocenters. The third-order valence-electron chi connectivity index (χ3n) is 4.21. The van der Waals surface area contributed by atoms with Gasteiger partial charge < -0.3 is 0 Å². The van der Waals surface area contributed by atoms with Crippen molar-refractivity contribution in [3.8, 4) is 22.4 Å². The summed E-state index contributed by atoms with van der Waals surface area (Å²) in [4.78, 5) is 7.84. The lowest BCUT2D eigenvalue weighted by Gasteiger charge is -2.07. The normalized spacial score (nSPS) is 11.9. The van der Waals surface area contributed by atoms with Crippen molar-refractivity contribution in [3.63, 3.8) is 0 Å². The maximum atomic E-state index is 14.3. The van der Waals surface area contributed by atoms with Gasteiger partial charge in [-0.1, -0.05) is 0 Å². The van der Waals surface area contributed by atoms with Gasteiger partial charge in [0, 0.05) is 29.6 Å². The third kappa shape index (κ3) is 3.08. The first kappa shape index (κ1) is 18.0. The molecule has 0 aliphatic rings. The molecule has 0 amide bonds. The molecule has 3 heterocycles. The molecule has 0 aliphatic heterocycles. The second-order valence-electron chi connectivity index (χ2n) is 6.10. The number of fused-ring (bicyclic) bond motifs is 1. The lowest BCUT2D eigenvalue weighted by molar-refractivity contribution is -0.141. The van der Waals surface area contributed by atoms with E-state index < -0.39 is 23.5 Å². The number of hydrogen-bond acceptors (Lipinski definition) is 3. The Kier molecular flexibility index (Phi) is 4.10. The zero-order valence-corrected chi connectivity index (χ0v) is 14.3. The standard InChI is InChI=1S/C19H11F5N4/c1-10-17(13-4-3-12(20)8-14(13)21)18-26-15(6-7-28(18)27-10)11-2-5-16(25-9-11)19(22,23)24/h2-9H,1H3. The number of aromatic nitrogens is 4. The molecule has 0 saturated carbocycles. The van der Waals surface area contributed by atoms with Crippen molar-refractivity contribution in [1.82, 2.24) is 19.6 Å². The van der Waals surface area contributed by atoms with Crippen molar-refractivity contribution in [2.24, 2.45) is 0 Å². The average Bonchev–Trinajstić information content (AvgIpc) is 2.96. The fraction of sp³-hybridized carbons (Fsp3) is 0.105. The van der Waals surface area contributed by atoms with Crippen LogP contribution in [0.15, 0.2) is 48.8 Å². The number of alkyl halides is 3. The molecule has 4 rings (SSSR count). The summed E-state index contributed by atoms with van der Waals surface area (Å²) < 4.78 is 67.0. The lowest BCUT2D eigenvalue weighted by atomic mass is 10.1. The Morgan fingerprint density at radius 3 is 2.43 bits per heavy atom. The van der Waals surface area contributed by atoms with Crippen molar-refractivity contribution in [1.29, 1.82) is 0 Å². The highest BCUT2D eigenvalue weighted by Gasteiger charge is 2.32. The number of hydrogen-bond donors (Lipinski definition) is 0. The molecule has 4 aromatic rings. The molecule has 0 aliphatic carbocycles. The first-order valence-corrected chi connectivity index (χ1v) is 8.09. The van der Waals surface area contributed by atoms with Crippen molar-refractivity contribution in [3.05, 3.63) is 71.8 Å². The molecule has 0 bridgehead atoms. The fourth-order valence-electron chi connectivity index (χ4n) is 2.92. The van der Waals surface area contributed by atoms with Gasteiger partial charge in [-0.25, -0.2) is 18.3 Å². The highest BCUT2D eigenvalue weighted by Crippen LogP contribution is 2.32. The van der Waals surface area contributed by atoms with Crippen LogP contribution >= 0.6 is 0 Å². The van der Waals surface area contributed by atoms with Crippen LogP contribution in [0.5, 0.6) is 0 Å².